The molecule has 1 unspecified atom stereocenters. The molecule has 1 aromatic rings. The van der Waals surface area contributed by atoms with Crippen molar-refractivity contribution in [1.29, 1.82) is 0 Å². The number of likely N-dealkylation sites (tertiary alicyclic amines) is 1. The third-order valence-electron chi connectivity index (χ3n) is 3.42. The van der Waals surface area contributed by atoms with Crippen molar-refractivity contribution in [2.75, 3.05) is 13.1 Å². The lowest BCUT2D eigenvalue weighted by Crippen LogP contribution is -2.44. The number of nitrogens with zero attached hydrogens (tertiary/aromatic N) is 3. The smallest absolute Gasteiger partial charge is 0.273 e. The van der Waals surface area contributed by atoms with Crippen LogP contribution in [0.5, 0.6) is 0 Å². The molecule has 0 saturated carbocycles. The van der Waals surface area contributed by atoms with E-state index in [1.807, 2.05) is 13.0 Å². The van der Waals surface area contributed by atoms with E-state index in [-0.39, 0.29) is 11.8 Å². The third kappa shape index (κ3) is 2.94. The molecule has 2 heterocycles. The quantitative estimate of drug-likeness (QED) is 0.671. The first-order valence-corrected chi connectivity index (χ1v) is 7.07. The highest BCUT2D eigenvalue weighted by atomic mass is 79.9. The molecule has 19 heavy (non-hydrogen) atoms. The molecule has 1 atom stereocenters. The number of halogens is 1. The van der Waals surface area contributed by atoms with Crippen LogP contribution in [0.1, 0.15) is 30.3 Å². The van der Waals surface area contributed by atoms with E-state index in [1.165, 1.54) is 0 Å². The molecule has 1 aliphatic rings. The van der Waals surface area contributed by atoms with E-state index in [2.05, 4.69) is 26.1 Å². The molecule has 5 nitrogen and oxygen atoms in total. The van der Waals surface area contributed by atoms with Crippen LogP contribution in [-0.2, 0) is 0 Å². The Kier molecular flexibility index (Phi) is 4.52. The molecular formula is C13H16BrN3O2. The number of aromatic nitrogens is 1. The average Bonchev–Trinajstić information content (AvgIpc) is 2.46. The van der Waals surface area contributed by atoms with Gasteiger partial charge < -0.3 is 10.1 Å². The van der Waals surface area contributed by atoms with Crippen molar-refractivity contribution in [2.24, 2.45) is 11.1 Å². The van der Waals surface area contributed by atoms with E-state index >= 15 is 0 Å². The van der Waals surface area contributed by atoms with Gasteiger partial charge in [-0.25, -0.2) is 4.98 Å². The number of piperidine rings is 1. The second-order valence-corrected chi connectivity index (χ2v) is 5.39. The maximum Gasteiger partial charge on any atom is 0.273 e. The van der Waals surface area contributed by atoms with Crippen LogP contribution in [0.25, 0.3) is 0 Å². The number of rotatable bonds is 2. The van der Waals surface area contributed by atoms with Crippen LogP contribution in [0.4, 0.5) is 0 Å². The average molecular weight is 326 g/mol. The summed E-state index contributed by atoms with van der Waals surface area (Å²) in [6.07, 6.45) is 3.08. The molecule has 1 amide bonds. The second-order valence-electron chi connectivity index (χ2n) is 4.53. The number of oxime groups is 1. The fraction of sp³-hybridized carbons (Fsp3) is 0.462. The van der Waals surface area contributed by atoms with E-state index in [4.69, 9.17) is 5.21 Å². The summed E-state index contributed by atoms with van der Waals surface area (Å²) in [6.45, 7) is 3.18. The van der Waals surface area contributed by atoms with Crippen LogP contribution in [0, 0.1) is 5.92 Å². The Bertz CT molecular complexity index is 504. The van der Waals surface area contributed by atoms with Crippen LogP contribution in [0.2, 0.25) is 0 Å². The molecule has 1 aromatic heterocycles. The van der Waals surface area contributed by atoms with E-state index in [0.717, 1.165) is 12.1 Å². The summed E-state index contributed by atoms with van der Waals surface area (Å²) < 4.78 is 0.703. The van der Waals surface area contributed by atoms with Crippen molar-refractivity contribution in [3.63, 3.8) is 0 Å². The Morgan fingerprint density at radius 3 is 3.11 bits per heavy atom. The molecule has 1 saturated heterocycles. The molecule has 0 bridgehead atoms. The second kappa shape index (κ2) is 6.14. The minimum absolute atomic E-state index is 0.0806. The number of amides is 1. The predicted octanol–water partition coefficient (Wildman–Crippen LogP) is 2.55. The third-order valence-corrected chi connectivity index (χ3v) is 4.06. The number of pyridine rings is 1. The van der Waals surface area contributed by atoms with Crippen LogP contribution in [-0.4, -0.2) is 39.8 Å². The normalized spacial score (nSPS) is 21.7. The van der Waals surface area contributed by atoms with Gasteiger partial charge in [0.25, 0.3) is 5.91 Å². The monoisotopic (exact) mass is 325 g/mol. The molecule has 1 N–H and O–H groups in total. The molecule has 2 rings (SSSR count). The molecule has 0 aromatic carbocycles. The minimum atomic E-state index is -0.0806. The van der Waals surface area contributed by atoms with E-state index in [1.54, 1.807) is 17.2 Å². The summed E-state index contributed by atoms with van der Waals surface area (Å²) in [6, 6.07) is 3.59. The molecule has 1 fully saturated rings. The van der Waals surface area contributed by atoms with Crippen molar-refractivity contribution in [1.82, 2.24) is 9.88 Å². The van der Waals surface area contributed by atoms with Gasteiger partial charge in [-0.05, 0) is 34.5 Å². The van der Waals surface area contributed by atoms with Gasteiger partial charge in [0.2, 0.25) is 0 Å². The van der Waals surface area contributed by atoms with Gasteiger partial charge in [-0.1, -0.05) is 12.1 Å². The summed E-state index contributed by atoms with van der Waals surface area (Å²) in [5, 5.41) is 12.3. The zero-order valence-corrected chi connectivity index (χ0v) is 12.3. The molecule has 1 aliphatic heterocycles. The topological polar surface area (TPSA) is 65.8 Å². The maximum atomic E-state index is 12.4. The van der Waals surface area contributed by atoms with Crippen LogP contribution >= 0.6 is 15.9 Å². The Balaban J connectivity index is 2.16. The Labute approximate surface area is 120 Å². The fourth-order valence-electron chi connectivity index (χ4n) is 2.29. The number of carbonyl (C=O) groups excluding carboxylic acids is 1. The SMILES string of the molecule is CCC1CN(C(=O)c2ncccc2Br)CC/C1=N\O. The van der Waals surface area contributed by atoms with Crippen molar-refractivity contribution >= 4 is 27.5 Å². The van der Waals surface area contributed by atoms with Crippen molar-refractivity contribution in [3.05, 3.63) is 28.5 Å². The lowest BCUT2D eigenvalue weighted by molar-refractivity contribution is 0.0722. The first-order chi connectivity index (χ1) is 9.17. The summed E-state index contributed by atoms with van der Waals surface area (Å²) in [5.74, 6) is 0.0492. The van der Waals surface area contributed by atoms with E-state index in [0.29, 0.717) is 29.7 Å². The van der Waals surface area contributed by atoms with Crippen LogP contribution in [0.15, 0.2) is 28.0 Å². The molecule has 0 radical (unpaired) electrons. The molecule has 0 aliphatic carbocycles. The number of hydrogen-bond donors (Lipinski definition) is 1. The molecule has 0 spiro atoms. The van der Waals surface area contributed by atoms with Gasteiger partial charge in [-0.15, -0.1) is 0 Å². The molecule has 6 heteroatoms. The van der Waals surface area contributed by atoms with Gasteiger partial charge in [0.05, 0.1) is 5.71 Å². The van der Waals surface area contributed by atoms with Gasteiger partial charge in [0.15, 0.2) is 0 Å². The van der Waals surface area contributed by atoms with Crippen LogP contribution < -0.4 is 0 Å². The van der Waals surface area contributed by atoms with Gasteiger partial charge in [0.1, 0.15) is 5.69 Å². The zero-order chi connectivity index (χ0) is 13.8. The largest absolute Gasteiger partial charge is 0.411 e. The summed E-state index contributed by atoms with van der Waals surface area (Å²) in [5.41, 5.74) is 1.22. The van der Waals surface area contributed by atoms with Crippen LogP contribution in [0.3, 0.4) is 0 Å². The summed E-state index contributed by atoms with van der Waals surface area (Å²) >= 11 is 3.35. The predicted molar refractivity (Wildman–Crippen MR) is 75.5 cm³/mol. The first kappa shape index (κ1) is 14.0. The maximum absolute atomic E-state index is 12.4. The van der Waals surface area contributed by atoms with E-state index < -0.39 is 0 Å². The highest BCUT2D eigenvalue weighted by Crippen LogP contribution is 2.21. The lowest BCUT2D eigenvalue weighted by Gasteiger charge is -2.32. The van der Waals surface area contributed by atoms with Gasteiger partial charge in [-0.3, -0.25) is 4.79 Å². The summed E-state index contributed by atoms with van der Waals surface area (Å²) in [4.78, 5) is 18.3. The standard InChI is InChI=1S/C13H16BrN3O2/c1-2-9-8-17(7-5-11(9)16-19)13(18)12-10(14)4-3-6-15-12/h3-4,6,9,19H,2,5,7-8H2,1H3/b16-11+. The highest BCUT2D eigenvalue weighted by molar-refractivity contribution is 9.10. The molecule has 102 valence electrons. The Morgan fingerprint density at radius 1 is 1.68 bits per heavy atom. The first-order valence-electron chi connectivity index (χ1n) is 6.28. The van der Waals surface area contributed by atoms with Gasteiger partial charge in [-0.2, -0.15) is 0 Å². The Morgan fingerprint density at radius 2 is 2.47 bits per heavy atom. The van der Waals surface area contributed by atoms with Crippen molar-refractivity contribution in [2.45, 2.75) is 19.8 Å². The zero-order valence-electron chi connectivity index (χ0n) is 10.7. The fourth-order valence-corrected chi connectivity index (χ4v) is 2.71. The van der Waals surface area contributed by atoms with Gasteiger partial charge >= 0.3 is 0 Å². The van der Waals surface area contributed by atoms with Crippen molar-refractivity contribution in [3.8, 4) is 0 Å². The highest BCUT2D eigenvalue weighted by Gasteiger charge is 2.29. The Hall–Kier alpha value is -1.43. The van der Waals surface area contributed by atoms with E-state index in [9.17, 15) is 4.79 Å². The lowest BCUT2D eigenvalue weighted by atomic mass is 9.93. The number of hydrogen-bond acceptors (Lipinski definition) is 4. The van der Waals surface area contributed by atoms with Gasteiger partial charge in [0, 0.05) is 36.1 Å². The molecular weight excluding hydrogens is 310 g/mol. The minimum Gasteiger partial charge on any atom is -0.411 e. The number of carbonyl (C=O) groups is 1. The summed E-state index contributed by atoms with van der Waals surface area (Å²) in [7, 11) is 0. The van der Waals surface area contributed by atoms with Crippen molar-refractivity contribution < 1.29 is 10.0 Å².